The number of benzene rings is 2. The highest BCUT2D eigenvalue weighted by Gasteiger charge is 2.34. The van der Waals surface area contributed by atoms with Crippen LogP contribution in [0.25, 0.3) is 10.9 Å². The zero-order chi connectivity index (χ0) is 21.4. The molecule has 1 aliphatic heterocycles. The van der Waals surface area contributed by atoms with E-state index in [1.807, 2.05) is 53.6 Å². The van der Waals surface area contributed by atoms with Gasteiger partial charge in [0.1, 0.15) is 0 Å². The molecule has 0 radical (unpaired) electrons. The van der Waals surface area contributed by atoms with Gasteiger partial charge < -0.3 is 9.47 Å². The lowest BCUT2D eigenvalue weighted by Gasteiger charge is -2.36. The lowest BCUT2D eigenvalue weighted by molar-refractivity contribution is 0.0666. The zero-order valence-electron chi connectivity index (χ0n) is 17.4. The fraction of sp³-hybridized carbons (Fsp3) is 0.231. The summed E-state index contributed by atoms with van der Waals surface area (Å²) in [6.07, 6.45) is 3.51. The van der Waals surface area contributed by atoms with Crippen molar-refractivity contribution in [1.82, 2.24) is 9.47 Å². The predicted molar refractivity (Wildman–Crippen MR) is 124 cm³/mol. The summed E-state index contributed by atoms with van der Waals surface area (Å²) >= 11 is 1.71. The molecule has 2 aromatic heterocycles. The normalized spacial score (nSPS) is 15.6. The molecular formula is C26H23N3OS. The molecule has 0 fully saturated rings. The third-order valence-corrected chi connectivity index (χ3v) is 7.31. The summed E-state index contributed by atoms with van der Waals surface area (Å²) < 4.78 is 2.14. The van der Waals surface area contributed by atoms with E-state index >= 15 is 0 Å². The highest BCUT2D eigenvalue weighted by Crippen LogP contribution is 2.38. The van der Waals surface area contributed by atoms with Crippen LogP contribution >= 0.6 is 11.3 Å². The van der Waals surface area contributed by atoms with Crippen LogP contribution in [-0.4, -0.2) is 21.9 Å². The molecule has 3 heterocycles. The minimum absolute atomic E-state index is 0.0607. The van der Waals surface area contributed by atoms with Gasteiger partial charge in [-0.1, -0.05) is 36.4 Å². The first-order valence-corrected chi connectivity index (χ1v) is 11.5. The summed E-state index contributed by atoms with van der Waals surface area (Å²) in [5.74, 6) is 0.0712. The zero-order valence-corrected chi connectivity index (χ0v) is 18.2. The molecule has 2 aromatic carbocycles. The lowest BCUT2D eigenvalue weighted by Crippen LogP contribution is -2.40. The Labute approximate surface area is 186 Å². The number of hydrogen-bond acceptors (Lipinski definition) is 3. The van der Waals surface area contributed by atoms with Gasteiger partial charge in [-0.2, -0.15) is 5.26 Å². The molecule has 4 nitrogen and oxygen atoms in total. The number of rotatable bonds is 4. The first-order chi connectivity index (χ1) is 15.2. The topological polar surface area (TPSA) is 49.0 Å². The van der Waals surface area contributed by atoms with Crippen LogP contribution in [0.5, 0.6) is 0 Å². The smallest absolute Gasteiger partial charge is 0.256 e. The van der Waals surface area contributed by atoms with Gasteiger partial charge in [0.2, 0.25) is 0 Å². The van der Waals surface area contributed by atoms with Gasteiger partial charge in [-0.25, -0.2) is 0 Å². The predicted octanol–water partition coefficient (Wildman–Crippen LogP) is 5.58. The van der Waals surface area contributed by atoms with E-state index in [0.717, 1.165) is 35.0 Å². The standard InChI is InChI=1S/C26H23N3OS/c1-2-28-17-22(21-9-5-6-10-23(21)28)26(30)29-13-11-18-12-14-31-25(18)24(29)15-19-7-3-4-8-20(19)16-27/h3-10,12,14,17,24H,2,11,13,15H2,1H3. The number of amides is 1. The third-order valence-electron chi connectivity index (χ3n) is 6.25. The van der Waals surface area contributed by atoms with E-state index in [0.29, 0.717) is 18.5 Å². The highest BCUT2D eigenvalue weighted by atomic mass is 32.1. The molecule has 1 amide bonds. The molecule has 5 rings (SSSR count). The third kappa shape index (κ3) is 3.34. The van der Waals surface area contributed by atoms with Gasteiger partial charge in [-0.3, -0.25) is 4.79 Å². The Bertz CT molecular complexity index is 1310. The van der Waals surface area contributed by atoms with Crippen LogP contribution < -0.4 is 0 Å². The quantitative estimate of drug-likeness (QED) is 0.429. The first-order valence-electron chi connectivity index (χ1n) is 10.6. The molecule has 1 aliphatic rings. The van der Waals surface area contributed by atoms with Crippen LogP contribution in [0.2, 0.25) is 0 Å². The number of aryl methyl sites for hydroxylation is 1. The molecule has 0 saturated carbocycles. The number of nitriles is 1. The molecule has 0 N–H and O–H groups in total. The van der Waals surface area contributed by atoms with Crippen molar-refractivity contribution in [2.75, 3.05) is 6.54 Å². The van der Waals surface area contributed by atoms with Crippen molar-refractivity contribution in [2.45, 2.75) is 32.4 Å². The maximum absolute atomic E-state index is 13.9. The Morgan fingerprint density at radius 1 is 1.16 bits per heavy atom. The molecule has 31 heavy (non-hydrogen) atoms. The molecule has 0 aliphatic carbocycles. The number of fused-ring (bicyclic) bond motifs is 2. The minimum atomic E-state index is -0.0607. The summed E-state index contributed by atoms with van der Waals surface area (Å²) in [5.41, 5.74) is 4.85. The van der Waals surface area contributed by atoms with Crippen molar-refractivity contribution in [3.63, 3.8) is 0 Å². The van der Waals surface area contributed by atoms with Crippen LogP contribution in [0.4, 0.5) is 0 Å². The number of hydrogen-bond donors (Lipinski definition) is 0. The van der Waals surface area contributed by atoms with E-state index in [2.05, 4.69) is 35.1 Å². The van der Waals surface area contributed by atoms with Gasteiger partial charge >= 0.3 is 0 Å². The maximum Gasteiger partial charge on any atom is 0.256 e. The lowest BCUT2D eigenvalue weighted by atomic mass is 9.93. The summed E-state index contributed by atoms with van der Waals surface area (Å²) in [4.78, 5) is 17.1. The molecule has 4 aromatic rings. The van der Waals surface area contributed by atoms with Gasteiger partial charge in [0.05, 0.1) is 23.2 Å². The molecule has 0 bridgehead atoms. The number of thiophene rings is 1. The molecule has 1 unspecified atom stereocenters. The fourth-order valence-corrected chi connectivity index (χ4v) is 5.75. The Balaban J connectivity index is 1.58. The summed E-state index contributed by atoms with van der Waals surface area (Å²) in [6, 6.07) is 20.3. The summed E-state index contributed by atoms with van der Waals surface area (Å²) in [6.45, 7) is 3.61. The van der Waals surface area contributed by atoms with Gasteiger partial charge in [-0.15, -0.1) is 11.3 Å². The fourth-order valence-electron chi connectivity index (χ4n) is 4.68. The van der Waals surface area contributed by atoms with Gasteiger partial charge in [0, 0.05) is 35.1 Å². The number of nitrogens with zero attached hydrogens (tertiary/aromatic N) is 3. The van der Waals surface area contributed by atoms with Crippen LogP contribution in [0, 0.1) is 11.3 Å². The van der Waals surface area contributed by atoms with E-state index < -0.39 is 0 Å². The minimum Gasteiger partial charge on any atom is -0.347 e. The van der Waals surface area contributed by atoms with Gasteiger partial charge in [0.15, 0.2) is 0 Å². The van der Waals surface area contributed by atoms with Crippen LogP contribution in [0.15, 0.2) is 66.2 Å². The van der Waals surface area contributed by atoms with Crippen LogP contribution in [0.1, 0.15) is 44.9 Å². The van der Waals surface area contributed by atoms with E-state index in [1.165, 1.54) is 10.4 Å². The second-order valence-corrected chi connectivity index (χ2v) is 8.84. The number of carbonyl (C=O) groups excluding carboxylic acids is 1. The summed E-state index contributed by atoms with van der Waals surface area (Å²) in [5, 5.41) is 12.7. The largest absolute Gasteiger partial charge is 0.347 e. The highest BCUT2D eigenvalue weighted by molar-refractivity contribution is 7.10. The number of para-hydroxylation sites is 1. The molecule has 0 spiro atoms. The van der Waals surface area contributed by atoms with Gasteiger partial charge in [-0.05, 0) is 54.5 Å². The first kappa shape index (κ1) is 19.6. The Morgan fingerprint density at radius 2 is 1.97 bits per heavy atom. The van der Waals surface area contributed by atoms with E-state index in [9.17, 15) is 10.1 Å². The van der Waals surface area contributed by atoms with Crippen molar-refractivity contribution >= 4 is 28.1 Å². The molecule has 5 heteroatoms. The van der Waals surface area contributed by atoms with E-state index in [-0.39, 0.29) is 11.9 Å². The van der Waals surface area contributed by atoms with Crippen molar-refractivity contribution in [3.05, 3.63) is 93.3 Å². The van der Waals surface area contributed by atoms with E-state index in [1.54, 1.807) is 11.3 Å². The Morgan fingerprint density at radius 3 is 2.81 bits per heavy atom. The second kappa shape index (κ2) is 8.05. The molecule has 0 saturated heterocycles. The van der Waals surface area contributed by atoms with Crippen LogP contribution in [-0.2, 0) is 19.4 Å². The molecule has 1 atom stereocenters. The molecule has 154 valence electrons. The number of aromatic nitrogens is 1. The van der Waals surface area contributed by atoms with Crippen molar-refractivity contribution in [3.8, 4) is 6.07 Å². The average molecular weight is 426 g/mol. The Kier molecular flexibility index (Phi) is 5.09. The van der Waals surface area contributed by atoms with E-state index in [4.69, 9.17) is 0 Å². The second-order valence-electron chi connectivity index (χ2n) is 7.89. The number of carbonyl (C=O) groups is 1. The Hall–Kier alpha value is -3.36. The van der Waals surface area contributed by atoms with Crippen molar-refractivity contribution < 1.29 is 4.79 Å². The monoisotopic (exact) mass is 425 g/mol. The SMILES string of the molecule is CCn1cc(C(=O)N2CCc3ccsc3C2Cc2ccccc2C#N)c2ccccc21. The van der Waals surface area contributed by atoms with Crippen molar-refractivity contribution in [2.24, 2.45) is 0 Å². The van der Waals surface area contributed by atoms with Crippen molar-refractivity contribution in [1.29, 1.82) is 5.26 Å². The summed E-state index contributed by atoms with van der Waals surface area (Å²) in [7, 11) is 0. The average Bonchev–Trinajstić information content (AvgIpc) is 3.44. The van der Waals surface area contributed by atoms with Gasteiger partial charge in [0.25, 0.3) is 5.91 Å². The maximum atomic E-state index is 13.9. The van der Waals surface area contributed by atoms with Crippen LogP contribution in [0.3, 0.4) is 0 Å². The molecular weight excluding hydrogens is 402 g/mol.